The Labute approximate surface area is 124 Å². The SMILES string of the molecule is CC(Nc1cccc(OCCN(C)C)c1)c1cscn1. The summed E-state index contributed by atoms with van der Waals surface area (Å²) in [5.74, 6) is 0.891. The fourth-order valence-corrected chi connectivity index (χ4v) is 2.43. The maximum atomic E-state index is 5.73. The van der Waals surface area contributed by atoms with Crippen LogP contribution in [-0.2, 0) is 0 Å². The number of benzene rings is 1. The van der Waals surface area contributed by atoms with E-state index in [1.165, 1.54) is 0 Å². The third-order valence-electron chi connectivity index (χ3n) is 2.92. The molecule has 0 bridgehead atoms. The molecule has 108 valence electrons. The number of nitrogens with zero attached hydrogens (tertiary/aromatic N) is 2. The highest BCUT2D eigenvalue weighted by Gasteiger charge is 2.07. The number of rotatable bonds is 7. The third-order valence-corrected chi connectivity index (χ3v) is 3.52. The summed E-state index contributed by atoms with van der Waals surface area (Å²) < 4.78 is 5.73. The number of hydrogen-bond donors (Lipinski definition) is 1. The predicted octanol–water partition coefficient (Wildman–Crippen LogP) is 3.26. The van der Waals surface area contributed by atoms with Crippen LogP contribution in [0, 0.1) is 0 Å². The number of likely N-dealkylation sites (N-methyl/N-ethyl adjacent to an activating group) is 1. The van der Waals surface area contributed by atoms with Crippen molar-refractivity contribution in [2.45, 2.75) is 13.0 Å². The van der Waals surface area contributed by atoms with Gasteiger partial charge in [-0.3, -0.25) is 0 Å². The fourth-order valence-electron chi connectivity index (χ4n) is 1.78. The van der Waals surface area contributed by atoms with Gasteiger partial charge < -0.3 is 15.0 Å². The van der Waals surface area contributed by atoms with Gasteiger partial charge in [0.2, 0.25) is 0 Å². The molecule has 1 unspecified atom stereocenters. The van der Waals surface area contributed by atoms with E-state index in [1.807, 2.05) is 43.9 Å². The molecule has 20 heavy (non-hydrogen) atoms. The molecular weight excluding hydrogens is 270 g/mol. The highest BCUT2D eigenvalue weighted by Crippen LogP contribution is 2.22. The van der Waals surface area contributed by atoms with Gasteiger partial charge in [-0.05, 0) is 33.2 Å². The summed E-state index contributed by atoms with van der Waals surface area (Å²) in [5.41, 5.74) is 3.97. The molecule has 2 rings (SSSR count). The molecule has 0 saturated carbocycles. The Bertz CT molecular complexity index is 514. The quantitative estimate of drug-likeness (QED) is 0.849. The highest BCUT2D eigenvalue weighted by atomic mass is 32.1. The minimum absolute atomic E-state index is 0.193. The molecule has 0 aliphatic carbocycles. The van der Waals surface area contributed by atoms with Crippen molar-refractivity contribution in [3.8, 4) is 5.75 Å². The van der Waals surface area contributed by atoms with Crippen molar-refractivity contribution in [3.05, 3.63) is 40.8 Å². The van der Waals surface area contributed by atoms with Crippen molar-refractivity contribution in [2.75, 3.05) is 32.6 Å². The molecule has 1 aromatic heterocycles. The molecule has 1 N–H and O–H groups in total. The van der Waals surface area contributed by atoms with Gasteiger partial charge in [-0.25, -0.2) is 4.98 Å². The molecule has 1 aromatic carbocycles. The number of ether oxygens (including phenoxy) is 1. The van der Waals surface area contributed by atoms with E-state index in [1.54, 1.807) is 11.3 Å². The van der Waals surface area contributed by atoms with E-state index in [9.17, 15) is 0 Å². The van der Waals surface area contributed by atoms with Crippen molar-refractivity contribution < 1.29 is 4.74 Å². The maximum absolute atomic E-state index is 5.73. The van der Waals surface area contributed by atoms with Crippen LogP contribution in [0.3, 0.4) is 0 Å². The Balaban J connectivity index is 1.92. The minimum Gasteiger partial charge on any atom is -0.492 e. The molecular formula is C15H21N3OS. The van der Waals surface area contributed by atoms with Crippen LogP contribution >= 0.6 is 11.3 Å². The lowest BCUT2D eigenvalue weighted by Crippen LogP contribution is -2.19. The molecule has 1 heterocycles. The van der Waals surface area contributed by atoms with Crippen LogP contribution in [-0.4, -0.2) is 37.1 Å². The van der Waals surface area contributed by atoms with Gasteiger partial charge in [-0.2, -0.15) is 0 Å². The Morgan fingerprint density at radius 2 is 2.25 bits per heavy atom. The zero-order valence-corrected chi connectivity index (χ0v) is 13.0. The second-order valence-electron chi connectivity index (χ2n) is 4.96. The number of thiazole rings is 1. The van der Waals surface area contributed by atoms with Gasteiger partial charge in [0, 0.05) is 23.7 Å². The summed E-state index contributed by atoms with van der Waals surface area (Å²) in [6.45, 7) is 3.71. The van der Waals surface area contributed by atoms with Crippen LogP contribution in [0.15, 0.2) is 35.2 Å². The Hall–Kier alpha value is -1.59. The molecule has 0 radical (unpaired) electrons. The molecule has 4 nitrogen and oxygen atoms in total. The van der Waals surface area contributed by atoms with Crippen LogP contribution in [0.5, 0.6) is 5.75 Å². The van der Waals surface area contributed by atoms with Gasteiger partial charge >= 0.3 is 0 Å². The molecule has 0 spiro atoms. The molecule has 0 aliphatic heterocycles. The van der Waals surface area contributed by atoms with E-state index >= 15 is 0 Å². The first-order valence-electron chi connectivity index (χ1n) is 6.67. The average Bonchev–Trinajstić information content (AvgIpc) is 2.92. The lowest BCUT2D eigenvalue weighted by molar-refractivity contribution is 0.261. The van der Waals surface area contributed by atoms with Gasteiger partial charge in [0.05, 0.1) is 17.2 Å². The Morgan fingerprint density at radius 3 is 2.95 bits per heavy atom. The van der Waals surface area contributed by atoms with E-state index in [0.29, 0.717) is 6.61 Å². The van der Waals surface area contributed by atoms with Gasteiger partial charge in [-0.1, -0.05) is 6.07 Å². The molecule has 0 amide bonds. The second-order valence-corrected chi connectivity index (χ2v) is 5.68. The molecule has 0 fully saturated rings. The van der Waals surface area contributed by atoms with Crippen molar-refractivity contribution in [1.82, 2.24) is 9.88 Å². The topological polar surface area (TPSA) is 37.4 Å². The summed E-state index contributed by atoms with van der Waals surface area (Å²) in [5, 5.41) is 5.50. The van der Waals surface area contributed by atoms with Crippen LogP contribution in [0.25, 0.3) is 0 Å². The van der Waals surface area contributed by atoms with Gasteiger partial charge in [0.25, 0.3) is 0 Å². The van der Waals surface area contributed by atoms with Crippen molar-refractivity contribution in [3.63, 3.8) is 0 Å². The zero-order valence-electron chi connectivity index (χ0n) is 12.2. The highest BCUT2D eigenvalue weighted by molar-refractivity contribution is 7.07. The molecule has 0 saturated heterocycles. The fraction of sp³-hybridized carbons (Fsp3) is 0.400. The normalized spacial score (nSPS) is 12.4. The van der Waals surface area contributed by atoms with Crippen LogP contribution < -0.4 is 10.1 Å². The van der Waals surface area contributed by atoms with E-state index in [4.69, 9.17) is 4.74 Å². The zero-order chi connectivity index (χ0) is 14.4. The largest absolute Gasteiger partial charge is 0.492 e. The van der Waals surface area contributed by atoms with Crippen molar-refractivity contribution in [1.29, 1.82) is 0 Å². The van der Waals surface area contributed by atoms with Gasteiger partial charge in [-0.15, -0.1) is 11.3 Å². The van der Waals surface area contributed by atoms with Crippen LogP contribution in [0.2, 0.25) is 0 Å². The summed E-state index contributed by atoms with van der Waals surface area (Å²) in [7, 11) is 4.08. The lowest BCUT2D eigenvalue weighted by atomic mass is 10.2. The lowest BCUT2D eigenvalue weighted by Gasteiger charge is -2.15. The third kappa shape index (κ3) is 4.51. The second kappa shape index (κ2) is 7.26. The maximum Gasteiger partial charge on any atom is 0.121 e. The summed E-state index contributed by atoms with van der Waals surface area (Å²) >= 11 is 1.61. The van der Waals surface area contributed by atoms with E-state index in [-0.39, 0.29) is 6.04 Å². The van der Waals surface area contributed by atoms with Crippen LogP contribution in [0.1, 0.15) is 18.7 Å². The monoisotopic (exact) mass is 291 g/mol. The standard InChI is InChI=1S/C15H21N3OS/c1-12(15-10-20-11-16-15)17-13-5-4-6-14(9-13)19-8-7-18(2)3/h4-6,9-12,17H,7-8H2,1-3H3. The van der Waals surface area contributed by atoms with E-state index in [2.05, 4.69) is 27.5 Å². The number of hydrogen-bond acceptors (Lipinski definition) is 5. The summed E-state index contributed by atoms with van der Waals surface area (Å²) in [6, 6.07) is 8.24. The predicted molar refractivity (Wildman–Crippen MR) is 84.6 cm³/mol. The van der Waals surface area contributed by atoms with Gasteiger partial charge in [0.1, 0.15) is 12.4 Å². The average molecular weight is 291 g/mol. The van der Waals surface area contributed by atoms with Gasteiger partial charge in [0.15, 0.2) is 0 Å². The smallest absolute Gasteiger partial charge is 0.121 e. The first-order valence-corrected chi connectivity index (χ1v) is 7.61. The Morgan fingerprint density at radius 1 is 1.40 bits per heavy atom. The first kappa shape index (κ1) is 14.8. The van der Waals surface area contributed by atoms with Crippen LogP contribution in [0.4, 0.5) is 5.69 Å². The molecule has 1 atom stereocenters. The van der Waals surface area contributed by atoms with E-state index < -0.39 is 0 Å². The van der Waals surface area contributed by atoms with Crippen molar-refractivity contribution >= 4 is 17.0 Å². The number of anilines is 1. The van der Waals surface area contributed by atoms with E-state index in [0.717, 1.165) is 23.7 Å². The number of nitrogens with one attached hydrogen (secondary N) is 1. The molecule has 2 aromatic rings. The molecule has 5 heteroatoms. The summed E-state index contributed by atoms with van der Waals surface area (Å²) in [4.78, 5) is 6.43. The van der Waals surface area contributed by atoms with Crippen molar-refractivity contribution in [2.24, 2.45) is 0 Å². The number of aromatic nitrogens is 1. The Kier molecular flexibility index (Phi) is 5.38. The first-order chi connectivity index (χ1) is 9.65. The minimum atomic E-state index is 0.193. The summed E-state index contributed by atoms with van der Waals surface area (Å²) in [6.07, 6.45) is 0. The molecule has 0 aliphatic rings.